The summed E-state index contributed by atoms with van der Waals surface area (Å²) in [6.45, 7) is 10.7. The molecule has 1 fully saturated rings. The van der Waals surface area contributed by atoms with E-state index in [2.05, 4.69) is 11.0 Å². The lowest BCUT2D eigenvalue weighted by Crippen LogP contribution is -2.54. The van der Waals surface area contributed by atoms with Crippen LogP contribution >= 0.6 is 0 Å². The van der Waals surface area contributed by atoms with Gasteiger partial charge in [-0.15, -0.1) is 0 Å². The van der Waals surface area contributed by atoms with Crippen molar-refractivity contribution >= 4 is 6.09 Å². The molecule has 4 nitrogen and oxygen atoms in total. The number of hydrogen-bond acceptors (Lipinski definition) is 3. The van der Waals surface area contributed by atoms with Crippen molar-refractivity contribution in [3.63, 3.8) is 0 Å². The Kier molecular flexibility index (Phi) is 6.04. The van der Waals surface area contributed by atoms with Crippen LogP contribution < -0.4 is 0 Å². The lowest BCUT2D eigenvalue weighted by molar-refractivity contribution is 0.000564. The third-order valence-corrected chi connectivity index (χ3v) is 4.86. The number of amides is 1. The van der Waals surface area contributed by atoms with E-state index in [1.807, 2.05) is 52.0 Å². The van der Waals surface area contributed by atoms with E-state index in [0.717, 1.165) is 30.8 Å². The first-order chi connectivity index (χ1) is 13.2. The second kappa shape index (κ2) is 8.31. The maximum atomic E-state index is 14.1. The van der Waals surface area contributed by atoms with Crippen molar-refractivity contribution in [2.24, 2.45) is 0 Å². The molecule has 0 bridgehead atoms. The van der Waals surface area contributed by atoms with Crippen LogP contribution in [0.5, 0.6) is 0 Å². The highest BCUT2D eigenvalue weighted by molar-refractivity contribution is 5.68. The summed E-state index contributed by atoms with van der Waals surface area (Å²) < 4.78 is 19.6. The lowest BCUT2D eigenvalue weighted by Gasteiger charge is -2.40. The summed E-state index contributed by atoms with van der Waals surface area (Å²) in [7, 11) is 0. The summed E-state index contributed by atoms with van der Waals surface area (Å²) in [4.78, 5) is 16.5. The van der Waals surface area contributed by atoms with Crippen molar-refractivity contribution in [1.29, 1.82) is 0 Å². The van der Waals surface area contributed by atoms with Gasteiger partial charge in [0, 0.05) is 37.8 Å². The minimum absolute atomic E-state index is 0.0818. The van der Waals surface area contributed by atoms with Crippen LogP contribution in [0.25, 0.3) is 11.1 Å². The van der Waals surface area contributed by atoms with E-state index in [1.54, 1.807) is 17.0 Å². The van der Waals surface area contributed by atoms with Crippen LogP contribution in [0.1, 0.15) is 33.3 Å². The molecule has 1 amide bonds. The monoisotopic (exact) mass is 384 g/mol. The average Bonchev–Trinajstić information content (AvgIpc) is 2.61. The van der Waals surface area contributed by atoms with Crippen molar-refractivity contribution in [3.05, 3.63) is 59.9 Å². The van der Waals surface area contributed by atoms with Gasteiger partial charge in [-0.3, -0.25) is 4.90 Å². The van der Waals surface area contributed by atoms with Gasteiger partial charge in [0.1, 0.15) is 11.4 Å². The highest BCUT2D eigenvalue weighted by Gasteiger charge is 2.30. The maximum absolute atomic E-state index is 14.1. The third kappa shape index (κ3) is 5.10. The van der Waals surface area contributed by atoms with Crippen molar-refractivity contribution in [3.8, 4) is 11.1 Å². The van der Waals surface area contributed by atoms with E-state index < -0.39 is 5.60 Å². The molecule has 1 aliphatic rings. The molecule has 150 valence electrons. The van der Waals surface area contributed by atoms with E-state index in [4.69, 9.17) is 4.74 Å². The molecule has 3 rings (SSSR count). The summed E-state index contributed by atoms with van der Waals surface area (Å²) in [6, 6.07) is 14.9. The van der Waals surface area contributed by atoms with Crippen LogP contribution in [0.3, 0.4) is 0 Å². The van der Waals surface area contributed by atoms with E-state index in [0.29, 0.717) is 12.1 Å². The lowest BCUT2D eigenvalue weighted by atomic mass is 10.0. The first-order valence-electron chi connectivity index (χ1n) is 9.79. The number of hydrogen-bond donors (Lipinski definition) is 0. The SMILES string of the molecule is CC1CN(Cc2cccc(-c3ccccc3F)c2)CCN1C(=O)OC(C)(C)C. The van der Waals surface area contributed by atoms with Crippen LogP contribution in [-0.4, -0.2) is 47.2 Å². The van der Waals surface area contributed by atoms with Crippen LogP contribution in [-0.2, 0) is 11.3 Å². The van der Waals surface area contributed by atoms with Gasteiger partial charge in [0.15, 0.2) is 0 Å². The number of carbonyl (C=O) groups is 1. The summed E-state index contributed by atoms with van der Waals surface area (Å²) in [5.74, 6) is -0.209. The van der Waals surface area contributed by atoms with E-state index in [1.165, 1.54) is 6.07 Å². The van der Waals surface area contributed by atoms with Crippen LogP contribution in [0, 0.1) is 5.82 Å². The van der Waals surface area contributed by atoms with Crippen LogP contribution in [0.4, 0.5) is 9.18 Å². The zero-order valence-electron chi connectivity index (χ0n) is 17.1. The van der Waals surface area contributed by atoms with Crippen molar-refractivity contribution in [1.82, 2.24) is 9.80 Å². The summed E-state index contributed by atoms with van der Waals surface area (Å²) >= 11 is 0. The Labute approximate surface area is 166 Å². The molecule has 1 saturated heterocycles. The molecule has 1 aliphatic heterocycles. The van der Waals surface area contributed by atoms with Crippen molar-refractivity contribution in [2.75, 3.05) is 19.6 Å². The highest BCUT2D eigenvalue weighted by Crippen LogP contribution is 2.24. The molecule has 0 aromatic heterocycles. The fraction of sp³-hybridized carbons (Fsp3) is 0.435. The normalized spacial score (nSPS) is 18.2. The molecule has 0 spiro atoms. The molecule has 2 aromatic rings. The minimum atomic E-state index is -0.485. The fourth-order valence-corrected chi connectivity index (χ4v) is 3.56. The Morgan fingerprint density at radius 1 is 1.14 bits per heavy atom. The van der Waals surface area contributed by atoms with Gasteiger partial charge in [0.2, 0.25) is 0 Å². The fourth-order valence-electron chi connectivity index (χ4n) is 3.56. The Morgan fingerprint density at radius 2 is 1.89 bits per heavy atom. The summed E-state index contributed by atoms with van der Waals surface area (Å²) in [5.41, 5.74) is 2.16. The molecule has 5 heteroatoms. The largest absolute Gasteiger partial charge is 0.444 e. The molecule has 2 aromatic carbocycles. The zero-order chi connectivity index (χ0) is 20.3. The van der Waals surface area contributed by atoms with E-state index in [9.17, 15) is 9.18 Å². The van der Waals surface area contributed by atoms with Gasteiger partial charge in [-0.05, 0) is 51.0 Å². The van der Waals surface area contributed by atoms with Gasteiger partial charge in [-0.25, -0.2) is 9.18 Å². The number of benzene rings is 2. The predicted octanol–water partition coefficient (Wildman–Crippen LogP) is 4.93. The second-order valence-corrected chi connectivity index (χ2v) is 8.44. The van der Waals surface area contributed by atoms with Crippen molar-refractivity contribution in [2.45, 2.75) is 45.9 Å². The molecule has 0 saturated carbocycles. The number of ether oxygens (including phenoxy) is 1. The van der Waals surface area contributed by atoms with Gasteiger partial charge < -0.3 is 9.64 Å². The number of halogens is 1. The molecular formula is C23H29FN2O2. The summed E-state index contributed by atoms with van der Waals surface area (Å²) in [5, 5.41) is 0. The van der Waals surface area contributed by atoms with Gasteiger partial charge in [-0.2, -0.15) is 0 Å². The number of piperazine rings is 1. The van der Waals surface area contributed by atoms with Gasteiger partial charge >= 0.3 is 6.09 Å². The first kappa shape index (κ1) is 20.3. The molecular weight excluding hydrogens is 355 g/mol. The molecule has 28 heavy (non-hydrogen) atoms. The van der Waals surface area contributed by atoms with Gasteiger partial charge in [0.05, 0.1) is 0 Å². The molecule has 0 N–H and O–H groups in total. The average molecular weight is 384 g/mol. The number of nitrogens with zero attached hydrogens (tertiary/aromatic N) is 2. The number of carbonyl (C=O) groups excluding carboxylic acids is 1. The van der Waals surface area contributed by atoms with E-state index in [-0.39, 0.29) is 18.0 Å². The Morgan fingerprint density at radius 3 is 2.57 bits per heavy atom. The Balaban J connectivity index is 1.64. The maximum Gasteiger partial charge on any atom is 0.410 e. The molecule has 0 radical (unpaired) electrons. The number of rotatable bonds is 3. The van der Waals surface area contributed by atoms with Crippen molar-refractivity contribution < 1.29 is 13.9 Å². The Bertz CT molecular complexity index is 831. The molecule has 1 atom stereocenters. The van der Waals surface area contributed by atoms with Crippen LogP contribution in [0.15, 0.2) is 48.5 Å². The predicted molar refractivity (Wildman–Crippen MR) is 110 cm³/mol. The molecule has 1 heterocycles. The second-order valence-electron chi connectivity index (χ2n) is 8.44. The highest BCUT2D eigenvalue weighted by atomic mass is 19.1. The molecule has 1 unspecified atom stereocenters. The smallest absolute Gasteiger partial charge is 0.410 e. The minimum Gasteiger partial charge on any atom is -0.444 e. The van der Waals surface area contributed by atoms with Gasteiger partial charge in [-0.1, -0.05) is 36.4 Å². The topological polar surface area (TPSA) is 32.8 Å². The quantitative estimate of drug-likeness (QED) is 0.752. The van der Waals surface area contributed by atoms with E-state index >= 15 is 0 Å². The third-order valence-electron chi connectivity index (χ3n) is 4.86. The standard InChI is InChI=1S/C23H29FN2O2/c1-17-15-25(12-13-26(17)22(27)28-23(2,3)4)16-18-8-7-9-19(14-18)20-10-5-6-11-21(20)24/h5-11,14,17H,12-13,15-16H2,1-4H3. The Hall–Kier alpha value is -2.40. The van der Waals surface area contributed by atoms with Gasteiger partial charge in [0.25, 0.3) is 0 Å². The molecule has 0 aliphatic carbocycles. The zero-order valence-corrected chi connectivity index (χ0v) is 17.1. The first-order valence-corrected chi connectivity index (χ1v) is 9.79. The van der Waals surface area contributed by atoms with Crippen LogP contribution in [0.2, 0.25) is 0 Å². The summed E-state index contributed by atoms with van der Waals surface area (Å²) in [6.07, 6.45) is -0.249.